The second-order valence-electron chi connectivity index (χ2n) is 6.10. The molecular weight excluding hydrogens is 364 g/mol. The lowest BCUT2D eigenvalue weighted by Gasteiger charge is -2.17. The SMILES string of the molecule is Cc1noc(C)c1COC(=O)[C@H](Cc1ccccc1)NC(=O)c1cccs1. The first kappa shape index (κ1) is 18.8. The van der Waals surface area contributed by atoms with Crippen LogP contribution in [0.1, 0.15) is 32.3 Å². The number of esters is 1. The largest absolute Gasteiger partial charge is 0.459 e. The molecular formula is C20H20N2O4S. The van der Waals surface area contributed by atoms with E-state index >= 15 is 0 Å². The van der Waals surface area contributed by atoms with Gasteiger partial charge in [0.05, 0.1) is 16.1 Å². The summed E-state index contributed by atoms with van der Waals surface area (Å²) in [6.07, 6.45) is 0.346. The second-order valence-corrected chi connectivity index (χ2v) is 7.05. The van der Waals surface area contributed by atoms with Gasteiger partial charge in [0.2, 0.25) is 0 Å². The molecule has 2 heterocycles. The van der Waals surface area contributed by atoms with Crippen LogP contribution in [0.25, 0.3) is 0 Å². The summed E-state index contributed by atoms with van der Waals surface area (Å²) >= 11 is 1.32. The number of benzene rings is 1. The van der Waals surface area contributed by atoms with E-state index in [2.05, 4.69) is 10.5 Å². The van der Waals surface area contributed by atoms with E-state index in [9.17, 15) is 9.59 Å². The number of hydrogen-bond acceptors (Lipinski definition) is 6. The van der Waals surface area contributed by atoms with Crippen LogP contribution in [0.15, 0.2) is 52.4 Å². The quantitative estimate of drug-likeness (QED) is 0.631. The van der Waals surface area contributed by atoms with E-state index in [1.165, 1.54) is 11.3 Å². The van der Waals surface area contributed by atoms with Gasteiger partial charge in [0, 0.05) is 6.42 Å². The Morgan fingerprint density at radius 3 is 2.59 bits per heavy atom. The maximum absolute atomic E-state index is 12.7. The molecule has 1 atom stereocenters. The number of thiophene rings is 1. The van der Waals surface area contributed by atoms with Crippen molar-refractivity contribution in [3.63, 3.8) is 0 Å². The highest BCUT2D eigenvalue weighted by atomic mass is 32.1. The number of carbonyl (C=O) groups is 2. The first-order chi connectivity index (χ1) is 13.0. The van der Waals surface area contributed by atoms with Gasteiger partial charge in [-0.2, -0.15) is 0 Å². The zero-order chi connectivity index (χ0) is 19.2. The number of nitrogens with zero attached hydrogens (tertiary/aromatic N) is 1. The minimum Gasteiger partial charge on any atom is -0.459 e. The van der Waals surface area contributed by atoms with Crippen molar-refractivity contribution in [3.05, 3.63) is 75.3 Å². The highest BCUT2D eigenvalue weighted by molar-refractivity contribution is 7.12. The first-order valence-corrected chi connectivity index (χ1v) is 9.39. The molecule has 7 heteroatoms. The summed E-state index contributed by atoms with van der Waals surface area (Å²) in [5.41, 5.74) is 2.36. The average Bonchev–Trinajstić information content (AvgIpc) is 3.31. The van der Waals surface area contributed by atoms with Gasteiger partial charge >= 0.3 is 5.97 Å². The van der Waals surface area contributed by atoms with Gasteiger partial charge in [-0.25, -0.2) is 4.79 Å². The Hall–Kier alpha value is -2.93. The molecule has 0 spiro atoms. The summed E-state index contributed by atoms with van der Waals surface area (Å²) in [5.74, 6) is -0.175. The standard InChI is InChI=1S/C20H20N2O4S/c1-13-16(14(2)26-22-13)12-25-20(24)17(11-15-7-4-3-5-8-15)21-19(23)18-9-6-10-27-18/h3-10,17H,11-12H2,1-2H3,(H,21,23)/t17-/m0/s1. The molecule has 0 aliphatic rings. The van der Waals surface area contributed by atoms with Crippen LogP contribution in [0.2, 0.25) is 0 Å². The maximum atomic E-state index is 12.7. The summed E-state index contributed by atoms with van der Waals surface area (Å²) < 4.78 is 10.5. The van der Waals surface area contributed by atoms with Crippen LogP contribution in [0, 0.1) is 13.8 Å². The monoisotopic (exact) mass is 384 g/mol. The molecule has 0 bridgehead atoms. The van der Waals surface area contributed by atoms with Gasteiger partial charge in [-0.15, -0.1) is 11.3 Å². The van der Waals surface area contributed by atoms with E-state index in [0.717, 1.165) is 11.1 Å². The topological polar surface area (TPSA) is 81.4 Å². The molecule has 6 nitrogen and oxygen atoms in total. The lowest BCUT2D eigenvalue weighted by molar-refractivity contribution is -0.147. The highest BCUT2D eigenvalue weighted by Gasteiger charge is 2.24. The van der Waals surface area contributed by atoms with Crippen molar-refractivity contribution < 1.29 is 18.8 Å². The highest BCUT2D eigenvalue weighted by Crippen LogP contribution is 2.15. The van der Waals surface area contributed by atoms with E-state index in [-0.39, 0.29) is 12.5 Å². The molecule has 140 valence electrons. The molecule has 1 amide bonds. The Morgan fingerprint density at radius 1 is 1.19 bits per heavy atom. The first-order valence-electron chi connectivity index (χ1n) is 8.51. The molecule has 0 saturated carbocycles. The Kier molecular flexibility index (Phi) is 6.03. The van der Waals surface area contributed by atoms with Crippen LogP contribution in [0.3, 0.4) is 0 Å². The van der Waals surface area contributed by atoms with Gasteiger partial charge in [-0.3, -0.25) is 4.79 Å². The van der Waals surface area contributed by atoms with Gasteiger partial charge in [0.25, 0.3) is 5.91 Å². The summed E-state index contributed by atoms with van der Waals surface area (Å²) in [7, 11) is 0. The Labute approximate surface area is 161 Å². The summed E-state index contributed by atoms with van der Waals surface area (Å²) in [6, 6.07) is 12.2. The predicted molar refractivity (Wildman–Crippen MR) is 101 cm³/mol. The van der Waals surface area contributed by atoms with Crippen LogP contribution in [0.5, 0.6) is 0 Å². The fourth-order valence-electron chi connectivity index (χ4n) is 2.63. The molecule has 3 rings (SSSR count). The number of hydrogen-bond donors (Lipinski definition) is 1. The summed E-state index contributed by atoms with van der Waals surface area (Å²) in [4.78, 5) is 25.7. The van der Waals surface area contributed by atoms with Crippen molar-refractivity contribution in [1.29, 1.82) is 0 Å². The van der Waals surface area contributed by atoms with Crippen LogP contribution in [-0.2, 0) is 22.6 Å². The molecule has 2 aromatic heterocycles. The van der Waals surface area contributed by atoms with Crippen molar-refractivity contribution in [1.82, 2.24) is 10.5 Å². The van der Waals surface area contributed by atoms with Crippen molar-refractivity contribution >= 4 is 23.2 Å². The number of ether oxygens (including phenoxy) is 1. The summed E-state index contributed by atoms with van der Waals surface area (Å²) in [5, 5.41) is 8.46. The third-order valence-electron chi connectivity index (χ3n) is 4.16. The smallest absolute Gasteiger partial charge is 0.329 e. The molecule has 0 aliphatic carbocycles. The van der Waals surface area contributed by atoms with E-state index in [4.69, 9.17) is 9.26 Å². The number of carbonyl (C=O) groups excluding carboxylic acids is 2. The van der Waals surface area contributed by atoms with E-state index in [0.29, 0.717) is 22.8 Å². The number of rotatable bonds is 7. The van der Waals surface area contributed by atoms with Crippen LogP contribution in [0.4, 0.5) is 0 Å². The fourth-order valence-corrected chi connectivity index (χ4v) is 3.26. The predicted octanol–water partition coefficient (Wildman–Crippen LogP) is 3.44. The molecule has 0 saturated heterocycles. The van der Waals surface area contributed by atoms with Crippen LogP contribution < -0.4 is 5.32 Å². The molecule has 0 unspecified atom stereocenters. The van der Waals surface area contributed by atoms with Crippen molar-refractivity contribution in [2.45, 2.75) is 32.9 Å². The zero-order valence-electron chi connectivity index (χ0n) is 15.1. The Bertz CT molecular complexity index is 884. The number of amides is 1. The van der Waals surface area contributed by atoms with Gasteiger partial charge in [-0.1, -0.05) is 41.6 Å². The third kappa shape index (κ3) is 4.83. The molecule has 3 aromatic rings. The Morgan fingerprint density at radius 2 is 1.96 bits per heavy atom. The van der Waals surface area contributed by atoms with Gasteiger partial charge in [-0.05, 0) is 30.9 Å². The average molecular weight is 384 g/mol. The number of nitrogens with one attached hydrogen (secondary N) is 1. The maximum Gasteiger partial charge on any atom is 0.329 e. The van der Waals surface area contributed by atoms with E-state index in [1.54, 1.807) is 26.0 Å². The fraction of sp³-hybridized carbons (Fsp3) is 0.250. The van der Waals surface area contributed by atoms with Crippen molar-refractivity contribution in [3.8, 4) is 0 Å². The molecule has 0 radical (unpaired) electrons. The molecule has 1 aromatic carbocycles. The molecule has 27 heavy (non-hydrogen) atoms. The van der Waals surface area contributed by atoms with E-state index < -0.39 is 12.0 Å². The minimum absolute atomic E-state index is 0.0557. The van der Waals surface area contributed by atoms with E-state index in [1.807, 2.05) is 35.7 Å². The summed E-state index contributed by atoms with van der Waals surface area (Å²) in [6.45, 7) is 3.61. The molecule has 0 fully saturated rings. The van der Waals surface area contributed by atoms with Gasteiger partial charge in [0.15, 0.2) is 0 Å². The minimum atomic E-state index is -0.789. The van der Waals surface area contributed by atoms with Gasteiger partial charge in [0.1, 0.15) is 18.4 Å². The Balaban J connectivity index is 1.71. The van der Waals surface area contributed by atoms with Crippen LogP contribution >= 0.6 is 11.3 Å². The molecule has 1 N–H and O–H groups in total. The molecule has 0 aliphatic heterocycles. The number of aryl methyl sites for hydroxylation is 2. The number of aromatic nitrogens is 1. The lowest BCUT2D eigenvalue weighted by atomic mass is 10.1. The van der Waals surface area contributed by atoms with Crippen LogP contribution in [-0.4, -0.2) is 23.1 Å². The normalized spacial score (nSPS) is 11.8. The van der Waals surface area contributed by atoms with Crippen molar-refractivity contribution in [2.24, 2.45) is 0 Å². The zero-order valence-corrected chi connectivity index (χ0v) is 15.9. The van der Waals surface area contributed by atoms with Crippen molar-refractivity contribution in [2.75, 3.05) is 0 Å². The lowest BCUT2D eigenvalue weighted by Crippen LogP contribution is -2.43. The second kappa shape index (κ2) is 8.64. The third-order valence-corrected chi connectivity index (χ3v) is 5.03. The van der Waals surface area contributed by atoms with Gasteiger partial charge < -0.3 is 14.6 Å².